The lowest BCUT2D eigenvalue weighted by Crippen LogP contribution is -2.31. The molecule has 2 rings (SSSR count). The van der Waals surface area contributed by atoms with Crippen LogP contribution in [0.1, 0.15) is 34.5 Å². The van der Waals surface area contributed by atoms with E-state index in [1.807, 2.05) is 26.0 Å². The normalized spacial score (nSPS) is 11.5. The molecule has 0 unspecified atom stereocenters. The molecule has 0 heterocycles. The van der Waals surface area contributed by atoms with E-state index in [-0.39, 0.29) is 18.6 Å². The lowest BCUT2D eigenvalue weighted by molar-refractivity contribution is -0.124. The van der Waals surface area contributed by atoms with Crippen molar-refractivity contribution in [2.24, 2.45) is 0 Å². The standard InChI is InChI=1S/C19H20ClNO4/c1-12-4-5-15(10-17(12)24-3)19(23)25-11-18(22)21-13(2)14-6-8-16(20)9-7-14/h4-10,13H,11H2,1-3H3,(H,21,22)/t13-/m1/s1. The molecule has 0 radical (unpaired) electrons. The molecule has 6 heteroatoms. The highest BCUT2D eigenvalue weighted by Gasteiger charge is 2.14. The second-order valence-electron chi connectivity index (χ2n) is 5.60. The first-order valence-corrected chi connectivity index (χ1v) is 8.15. The molecule has 5 nitrogen and oxygen atoms in total. The predicted octanol–water partition coefficient (Wildman–Crippen LogP) is 3.69. The summed E-state index contributed by atoms with van der Waals surface area (Å²) in [4.78, 5) is 24.0. The summed E-state index contributed by atoms with van der Waals surface area (Å²) in [6, 6.07) is 11.9. The number of halogens is 1. The van der Waals surface area contributed by atoms with Crippen LogP contribution in [0.15, 0.2) is 42.5 Å². The van der Waals surface area contributed by atoms with Gasteiger partial charge in [0.25, 0.3) is 5.91 Å². The number of aryl methyl sites for hydroxylation is 1. The Hall–Kier alpha value is -2.53. The number of methoxy groups -OCH3 is 1. The number of benzene rings is 2. The van der Waals surface area contributed by atoms with Gasteiger partial charge in [-0.05, 0) is 49.2 Å². The van der Waals surface area contributed by atoms with Gasteiger partial charge in [0.15, 0.2) is 6.61 Å². The van der Waals surface area contributed by atoms with Gasteiger partial charge in [0.2, 0.25) is 0 Å². The van der Waals surface area contributed by atoms with Gasteiger partial charge in [-0.2, -0.15) is 0 Å². The molecule has 2 aromatic rings. The molecule has 0 spiro atoms. The second kappa shape index (κ2) is 8.53. The molecule has 1 N–H and O–H groups in total. The Kier molecular flexibility index (Phi) is 6.42. The zero-order chi connectivity index (χ0) is 18.4. The molecular weight excluding hydrogens is 342 g/mol. The Morgan fingerprint density at radius 3 is 2.48 bits per heavy atom. The van der Waals surface area contributed by atoms with E-state index in [1.54, 1.807) is 30.3 Å². The molecule has 0 bridgehead atoms. The van der Waals surface area contributed by atoms with Crippen molar-refractivity contribution in [2.45, 2.75) is 19.9 Å². The van der Waals surface area contributed by atoms with E-state index in [1.165, 1.54) is 7.11 Å². The van der Waals surface area contributed by atoms with Crippen molar-refractivity contribution < 1.29 is 19.1 Å². The quantitative estimate of drug-likeness (QED) is 0.797. The van der Waals surface area contributed by atoms with Crippen LogP contribution in [-0.4, -0.2) is 25.6 Å². The zero-order valence-corrected chi connectivity index (χ0v) is 15.1. The molecule has 25 heavy (non-hydrogen) atoms. The van der Waals surface area contributed by atoms with Gasteiger partial charge in [-0.1, -0.05) is 29.8 Å². The molecule has 0 aliphatic rings. The summed E-state index contributed by atoms with van der Waals surface area (Å²) in [7, 11) is 1.53. The highest BCUT2D eigenvalue weighted by atomic mass is 35.5. The Morgan fingerprint density at radius 1 is 1.16 bits per heavy atom. The summed E-state index contributed by atoms with van der Waals surface area (Å²) in [5.41, 5.74) is 2.15. The summed E-state index contributed by atoms with van der Waals surface area (Å²) in [6.45, 7) is 3.36. The maximum atomic E-state index is 12.0. The van der Waals surface area contributed by atoms with Crippen LogP contribution in [0.2, 0.25) is 5.02 Å². The van der Waals surface area contributed by atoms with E-state index in [0.29, 0.717) is 16.3 Å². The van der Waals surface area contributed by atoms with E-state index < -0.39 is 5.97 Å². The van der Waals surface area contributed by atoms with Crippen molar-refractivity contribution in [1.82, 2.24) is 5.32 Å². The molecule has 0 fully saturated rings. The van der Waals surface area contributed by atoms with Gasteiger partial charge in [0, 0.05) is 5.02 Å². The van der Waals surface area contributed by atoms with Crippen LogP contribution in [0.3, 0.4) is 0 Å². The number of hydrogen-bond donors (Lipinski definition) is 1. The van der Waals surface area contributed by atoms with Gasteiger partial charge >= 0.3 is 5.97 Å². The average Bonchev–Trinajstić information content (AvgIpc) is 2.60. The highest BCUT2D eigenvalue weighted by Crippen LogP contribution is 2.19. The number of rotatable bonds is 6. The highest BCUT2D eigenvalue weighted by molar-refractivity contribution is 6.30. The van der Waals surface area contributed by atoms with Crippen LogP contribution >= 0.6 is 11.6 Å². The van der Waals surface area contributed by atoms with Gasteiger partial charge < -0.3 is 14.8 Å². The number of nitrogens with one attached hydrogen (secondary N) is 1. The number of hydrogen-bond acceptors (Lipinski definition) is 4. The van der Waals surface area contributed by atoms with Gasteiger partial charge in [0.05, 0.1) is 18.7 Å². The van der Waals surface area contributed by atoms with Crippen LogP contribution in [0, 0.1) is 6.92 Å². The molecule has 0 aliphatic heterocycles. The maximum Gasteiger partial charge on any atom is 0.338 e. The predicted molar refractivity (Wildman–Crippen MR) is 96.0 cm³/mol. The molecule has 0 aromatic heterocycles. The van der Waals surface area contributed by atoms with Crippen molar-refractivity contribution in [3.63, 3.8) is 0 Å². The smallest absolute Gasteiger partial charge is 0.338 e. The van der Waals surface area contributed by atoms with E-state index in [2.05, 4.69) is 5.32 Å². The molecular formula is C19H20ClNO4. The minimum absolute atomic E-state index is 0.220. The summed E-state index contributed by atoms with van der Waals surface area (Å²) in [5.74, 6) is -0.363. The van der Waals surface area contributed by atoms with E-state index in [0.717, 1.165) is 11.1 Å². The van der Waals surface area contributed by atoms with Crippen molar-refractivity contribution in [3.05, 3.63) is 64.2 Å². The average molecular weight is 362 g/mol. The van der Waals surface area contributed by atoms with Crippen molar-refractivity contribution in [2.75, 3.05) is 13.7 Å². The summed E-state index contributed by atoms with van der Waals surface area (Å²) < 4.78 is 10.2. The molecule has 0 aliphatic carbocycles. The topological polar surface area (TPSA) is 64.6 Å². The van der Waals surface area contributed by atoms with Gasteiger partial charge in [-0.15, -0.1) is 0 Å². The lowest BCUT2D eigenvalue weighted by Gasteiger charge is -2.14. The van der Waals surface area contributed by atoms with E-state index >= 15 is 0 Å². The maximum absolute atomic E-state index is 12.0. The Morgan fingerprint density at radius 2 is 1.84 bits per heavy atom. The van der Waals surface area contributed by atoms with Crippen LogP contribution in [0.5, 0.6) is 5.75 Å². The number of carbonyl (C=O) groups is 2. The fraction of sp³-hybridized carbons (Fsp3) is 0.263. The first-order valence-electron chi connectivity index (χ1n) is 7.77. The molecule has 1 amide bonds. The molecule has 0 saturated carbocycles. The Labute approximate surface area is 151 Å². The lowest BCUT2D eigenvalue weighted by atomic mass is 10.1. The third-order valence-electron chi connectivity index (χ3n) is 3.73. The van der Waals surface area contributed by atoms with Crippen LogP contribution in [0.25, 0.3) is 0 Å². The third kappa shape index (κ3) is 5.22. The minimum atomic E-state index is -0.576. The number of amides is 1. The first kappa shape index (κ1) is 18.8. The van der Waals surface area contributed by atoms with Gasteiger partial charge in [-0.3, -0.25) is 4.79 Å². The number of carbonyl (C=O) groups excluding carboxylic acids is 2. The van der Waals surface area contributed by atoms with Gasteiger partial charge in [-0.25, -0.2) is 4.79 Å². The van der Waals surface area contributed by atoms with Crippen molar-refractivity contribution in [3.8, 4) is 5.75 Å². The van der Waals surface area contributed by atoms with Gasteiger partial charge in [0.1, 0.15) is 5.75 Å². The van der Waals surface area contributed by atoms with Crippen LogP contribution in [-0.2, 0) is 9.53 Å². The summed E-state index contributed by atoms with van der Waals surface area (Å²) >= 11 is 5.84. The van der Waals surface area contributed by atoms with E-state index in [4.69, 9.17) is 21.1 Å². The van der Waals surface area contributed by atoms with Crippen LogP contribution < -0.4 is 10.1 Å². The van der Waals surface area contributed by atoms with E-state index in [9.17, 15) is 9.59 Å². The zero-order valence-electron chi connectivity index (χ0n) is 14.3. The number of ether oxygens (including phenoxy) is 2. The number of esters is 1. The largest absolute Gasteiger partial charge is 0.496 e. The molecule has 2 aromatic carbocycles. The first-order chi connectivity index (χ1) is 11.9. The molecule has 0 saturated heterocycles. The Balaban J connectivity index is 1.88. The van der Waals surface area contributed by atoms with Crippen LogP contribution in [0.4, 0.5) is 0 Å². The monoisotopic (exact) mass is 361 g/mol. The Bertz CT molecular complexity index is 759. The minimum Gasteiger partial charge on any atom is -0.496 e. The fourth-order valence-electron chi connectivity index (χ4n) is 2.28. The SMILES string of the molecule is COc1cc(C(=O)OCC(=O)N[C@H](C)c2ccc(Cl)cc2)ccc1C. The summed E-state index contributed by atoms with van der Waals surface area (Å²) in [5, 5.41) is 3.40. The summed E-state index contributed by atoms with van der Waals surface area (Å²) in [6.07, 6.45) is 0. The third-order valence-corrected chi connectivity index (χ3v) is 3.98. The molecule has 132 valence electrons. The molecule has 1 atom stereocenters. The fourth-order valence-corrected chi connectivity index (χ4v) is 2.41. The van der Waals surface area contributed by atoms with Crippen molar-refractivity contribution >= 4 is 23.5 Å². The second-order valence-corrected chi connectivity index (χ2v) is 6.04. The van der Waals surface area contributed by atoms with Crippen molar-refractivity contribution in [1.29, 1.82) is 0 Å².